The van der Waals surface area contributed by atoms with Gasteiger partial charge in [-0.15, -0.1) is 0 Å². The Morgan fingerprint density at radius 1 is 1.29 bits per heavy atom. The van der Waals surface area contributed by atoms with Crippen LogP contribution >= 0.6 is 0 Å². The molecular formula is C18H30N2O. The van der Waals surface area contributed by atoms with Gasteiger partial charge in [-0.25, -0.2) is 0 Å². The van der Waals surface area contributed by atoms with Gasteiger partial charge in [-0.2, -0.15) is 0 Å². The molecule has 3 heteroatoms. The fourth-order valence-corrected chi connectivity index (χ4v) is 3.59. The first-order valence-electron chi connectivity index (χ1n) is 8.34. The average Bonchev–Trinajstić information content (AvgIpc) is 2.72. The minimum absolute atomic E-state index is 0.0249. The summed E-state index contributed by atoms with van der Waals surface area (Å²) < 4.78 is 5.46. The van der Waals surface area contributed by atoms with E-state index in [4.69, 9.17) is 10.5 Å². The highest BCUT2D eigenvalue weighted by molar-refractivity contribution is 5.57. The molecule has 1 aliphatic carbocycles. The van der Waals surface area contributed by atoms with E-state index in [1.165, 1.54) is 32.1 Å². The lowest BCUT2D eigenvalue weighted by molar-refractivity contribution is 0.384. The molecule has 3 N–H and O–H groups in total. The molecule has 0 heterocycles. The molecule has 1 aromatic carbocycles. The summed E-state index contributed by atoms with van der Waals surface area (Å²) in [5.41, 5.74) is 7.26. The van der Waals surface area contributed by atoms with Gasteiger partial charge in [-0.3, -0.25) is 0 Å². The second-order valence-electron chi connectivity index (χ2n) is 6.40. The van der Waals surface area contributed by atoms with Crippen molar-refractivity contribution in [2.75, 3.05) is 19.0 Å². The number of para-hydroxylation sites is 2. The Morgan fingerprint density at radius 3 is 2.81 bits per heavy atom. The molecule has 118 valence electrons. The van der Waals surface area contributed by atoms with Crippen molar-refractivity contribution in [1.29, 1.82) is 0 Å². The summed E-state index contributed by atoms with van der Waals surface area (Å²) in [4.78, 5) is 0. The van der Waals surface area contributed by atoms with Crippen LogP contribution in [0.25, 0.3) is 0 Å². The van der Waals surface area contributed by atoms with Crippen LogP contribution in [0.4, 0.5) is 5.69 Å². The first kappa shape index (κ1) is 16.2. The molecule has 1 fully saturated rings. The lowest BCUT2D eigenvalue weighted by Gasteiger charge is -2.34. The van der Waals surface area contributed by atoms with Gasteiger partial charge in [0, 0.05) is 12.1 Å². The Hall–Kier alpha value is -1.22. The molecule has 0 amide bonds. The Labute approximate surface area is 129 Å². The molecule has 1 saturated carbocycles. The zero-order chi connectivity index (χ0) is 15.1. The summed E-state index contributed by atoms with van der Waals surface area (Å²) in [6.45, 7) is 2.97. The molecular weight excluding hydrogens is 260 g/mol. The molecule has 2 rings (SSSR count). The molecule has 21 heavy (non-hydrogen) atoms. The Balaban J connectivity index is 2.10. The Morgan fingerprint density at radius 2 is 2.10 bits per heavy atom. The molecule has 3 nitrogen and oxygen atoms in total. The lowest BCUT2D eigenvalue weighted by Crippen LogP contribution is -2.45. The van der Waals surface area contributed by atoms with Crippen molar-refractivity contribution in [2.24, 2.45) is 11.7 Å². The summed E-state index contributed by atoms with van der Waals surface area (Å²) in [6, 6.07) is 8.14. The van der Waals surface area contributed by atoms with Crippen molar-refractivity contribution in [3.05, 3.63) is 24.3 Å². The highest BCUT2D eigenvalue weighted by atomic mass is 16.5. The molecule has 0 spiro atoms. The number of ether oxygens (including phenoxy) is 1. The van der Waals surface area contributed by atoms with Crippen LogP contribution < -0.4 is 15.8 Å². The van der Waals surface area contributed by atoms with E-state index in [-0.39, 0.29) is 5.54 Å². The number of nitrogens with two attached hydrogens (primary N) is 1. The lowest BCUT2D eigenvalue weighted by atomic mass is 9.88. The van der Waals surface area contributed by atoms with Crippen LogP contribution in [0.5, 0.6) is 5.75 Å². The number of hydrogen-bond donors (Lipinski definition) is 2. The Kier molecular flexibility index (Phi) is 5.92. The van der Waals surface area contributed by atoms with Crippen molar-refractivity contribution in [1.82, 2.24) is 0 Å². The van der Waals surface area contributed by atoms with Gasteiger partial charge in [0.1, 0.15) is 5.75 Å². The topological polar surface area (TPSA) is 47.3 Å². The Bertz CT molecular complexity index is 435. The molecule has 0 aliphatic heterocycles. The van der Waals surface area contributed by atoms with Crippen LogP contribution in [0.2, 0.25) is 0 Å². The average molecular weight is 290 g/mol. The fraction of sp³-hybridized carbons (Fsp3) is 0.667. The summed E-state index contributed by atoms with van der Waals surface area (Å²) >= 11 is 0. The largest absolute Gasteiger partial charge is 0.495 e. The fourth-order valence-electron chi connectivity index (χ4n) is 3.59. The van der Waals surface area contributed by atoms with Crippen molar-refractivity contribution in [2.45, 2.75) is 57.4 Å². The predicted molar refractivity (Wildman–Crippen MR) is 89.9 cm³/mol. The third-order valence-electron chi connectivity index (χ3n) is 4.89. The third-order valence-corrected chi connectivity index (χ3v) is 4.89. The van der Waals surface area contributed by atoms with Crippen LogP contribution in [0.1, 0.15) is 51.9 Å². The number of anilines is 1. The molecule has 0 radical (unpaired) electrons. The highest BCUT2D eigenvalue weighted by Crippen LogP contribution is 2.36. The molecule has 0 bridgehead atoms. The first-order chi connectivity index (χ1) is 10.2. The van der Waals surface area contributed by atoms with E-state index < -0.39 is 0 Å². The van der Waals surface area contributed by atoms with Crippen molar-refractivity contribution in [3.8, 4) is 5.75 Å². The van der Waals surface area contributed by atoms with E-state index in [0.717, 1.165) is 30.2 Å². The van der Waals surface area contributed by atoms with Crippen LogP contribution in [-0.4, -0.2) is 19.2 Å². The van der Waals surface area contributed by atoms with Crippen LogP contribution in [0.3, 0.4) is 0 Å². The van der Waals surface area contributed by atoms with Crippen molar-refractivity contribution >= 4 is 5.69 Å². The second-order valence-corrected chi connectivity index (χ2v) is 6.40. The summed E-state index contributed by atoms with van der Waals surface area (Å²) in [6.07, 6.45) is 8.86. The monoisotopic (exact) mass is 290 g/mol. The van der Waals surface area contributed by atoms with E-state index in [1.807, 2.05) is 18.2 Å². The van der Waals surface area contributed by atoms with Gasteiger partial charge >= 0.3 is 0 Å². The van der Waals surface area contributed by atoms with Gasteiger partial charge < -0.3 is 15.8 Å². The first-order valence-corrected chi connectivity index (χ1v) is 8.34. The van der Waals surface area contributed by atoms with Gasteiger partial charge in [-0.1, -0.05) is 44.7 Å². The van der Waals surface area contributed by atoms with Gasteiger partial charge in [0.25, 0.3) is 0 Å². The van der Waals surface area contributed by atoms with Gasteiger partial charge in [-0.05, 0) is 37.3 Å². The summed E-state index contributed by atoms with van der Waals surface area (Å²) in [5.74, 6) is 1.78. The number of methoxy groups -OCH3 is 1. The van der Waals surface area contributed by atoms with Crippen molar-refractivity contribution < 1.29 is 4.74 Å². The normalized spacial score (nSPS) is 26.1. The zero-order valence-electron chi connectivity index (χ0n) is 13.5. The molecule has 1 aliphatic rings. The van der Waals surface area contributed by atoms with Gasteiger partial charge in [0.05, 0.1) is 12.8 Å². The van der Waals surface area contributed by atoms with Gasteiger partial charge in [0.2, 0.25) is 0 Å². The van der Waals surface area contributed by atoms with Crippen molar-refractivity contribution in [3.63, 3.8) is 0 Å². The smallest absolute Gasteiger partial charge is 0.141 e. The molecule has 0 aromatic heterocycles. The number of benzene rings is 1. The molecule has 1 aromatic rings. The van der Waals surface area contributed by atoms with Crippen LogP contribution in [0.15, 0.2) is 24.3 Å². The maximum Gasteiger partial charge on any atom is 0.141 e. The van der Waals surface area contributed by atoms with E-state index in [1.54, 1.807) is 7.11 Å². The zero-order valence-corrected chi connectivity index (χ0v) is 13.5. The maximum absolute atomic E-state index is 6.16. The predicted octanol–water partition coefficient (Wildman–Crippen LogP) is 4.19. The second kappa shape index (κ2) is 7.69. The number of hydrogen-bond acceptors (Lipinski definition) is 3. The quantitative estimate of drug-likeness (QED) is 0.772. The highest BCUT2D eigenvalue weighted by Gasteiger charge is 2.32. The molecule has 2 atom stereocenters. The maximum atomic E-state index is 6.16. The van der Waals surface area contributed by atoms with E-state index in [2.05, 4.69) is 18.3 Å². The van der Waals surface area contributed by atoms with E-state index in [0.29, 0.717) is 6.54 Å². The third kappa shape index (κ3) is 4.13. The standard InChI is InChI=1S/C18H30N2O/c1-3-7-15-8-6-12-18(14-19,13-11-15)20-16-9-4-5-10-17(16)21-2/h4-5,9-10,15,20H,3,6-8,11-14,19H2,1-2H3. The number of rotatable bonds is 6. The number of nitrogens with one attached hydrogen (secondary N) is 1. The molecule has 0 saturated heterocycles. The van der Waals surface area contributed by atoms with E-state index >= 15 is 0 Å². The molecule has 2 unspecified atom stereocenters. The van der Waals surface area contributed by atoms with Gasteiger partial charge in [0.15, 0.2) is 0 Å². The van der Waals surface area contributed by atoms with Crippen LogP contribution in [-0.2, 0) is 0 Å². The SMILES string of the molecule is CCCC1CCCC(CN)(Nc2ccccc2OC)CC1. The minimum Gasteiger partial charge on any atom is -0.495 e. The summed E-state index contributed by atoms with van der Waals surface area (Å²) in [7, 11) is 1.72. The minimum atomic E-state index is 0.0249. The van der Waals surface area contributed by atoms with E-state index in [9.17, 15) is 0 Å². The summed E-state index contributed by atoms with van der Waals surface area (Å²) in [5, 5.41) is 3.72. The van der Waals surface area contributed by atoms with Crippen LogP contribution in [0, 0.1) is 5.92 Å².